The lowest BCUT2D eigenvalue weighted by Gasteiger charge is -2.31. The van der Waals surface area contributed by atoms with Crippen molar-refractivity contribution in [1.82, 2.24) is 10.0 Å². The molecule has 0 bridgehead atoms. The minimum absolute atomic E-state index is 0.0364. The van der Waals surface area contributed by atoms with E-state index >= 15 is 0 Å². The summed E-state index contributed by atoms with van der Waals surface area (Å²) in [5.74, 6) is 0.410. The van der Waals surface area contributed by atoms with Crippen LogP contribution in [0.15, 0.2) is 29.2 Å². The Morgan fingerprint density at radius 3 is 2.38 bits per heavy atom. The smallest absolute Gasteiger partial charge is 0.240 e. The molecule has 0 aromatic heterocycles. The van der Waals surface area contributed by atoms with Gasteiger partial charge in [-0.25, -0.2) is 13.1 Å². The molecule has 7 heteroatoms. The molecule has 0 heterocycles. The number of rotatable bonds is 10. The van der Waals surface area contributed by atoms with Crippen molar-refractivity contribution in [2.24, 2.45) is 11.7 Å². The van der Waals surface area contributed by atoms with Gasteiger partial charge in [-0.2, -0.15) is 0 Å². The molecule has 0 aliphatic heterocycles. The molecule has 1 amide bonds. The van der Waals surface area contributed by atoms with E-state index in [1.54, 1.807) is 24.3 Å². The molecule has 1 aromatic carbocycles. The predicted octanol–water partition coefficient (Wildman–Crippen LogP) is 1.94. The maximum atomic E-state index is 12.3. The van der Waals surface area contributed by atoms with Crippen LogP contribution in [0.4, 0.5) is 0 Å². The monoisotopic (exact) mass is 381 g/mol. The maximum absolute atomic E-state index is 12.3. The van der Waals surface area contributed by atoms with Gasteiger partial charge in [-0.1, -0.05) is 26.0 Å². The van der Waals surface area contributed by atoms with Gasteiger partial charge >= 0.3 is 0 Å². The zero-order valence-electron chi connectivity index (χ0n) is 15.9. The SMILES string of the molecule is CC(C)CC(C)(CN)NC(=O)CCc1ccc(S(=O)(=O)NC2CC2)cc1. The summed E-state index contributed by atoms with van der Waals surface area (Å²) in [6.45, 7) is 6.58. The lowest BCUT2D eigenvalue weighted by Crippen LogP contribution is -2.52. The normalized spacial score (nSPS) is 17.1. The van der Waals surface area contributed by atoms with E-state index < -0.39 is 15.6 Å². The number of amides is 1. The number of sulfonamides is 1. The van der Waals surface area contributed by atoms with Gasteiger partial charge in [-0.3, -0.25) is 4.79 Å². The molecule has 1 saturated carbocycles. The summed E-state index contributed by atoms with van der Waals surface area (Å²) in [7, 11) is -3.43. The minimum Gasteiger partial charge on any atom is -0.350 e. The van der Waals surface area contributed by atoms with Gasteiger partial charge in [0.05, 0.1) is 4.90 Å². The largest absolute Gasteiger partial charge is 0.350 e. The Morgan fingerprint density at radius 1 is 1.27 bits per heavy atom. The van der Waals surface area contributed by atoms with Crippen LogP contribution in [0.25, 0.3) is 0 Å². The van der Waals surface area contributed by atoms with Crippen molar-refractivity contribution in [2.45, 2.75) is 69.4 Å². The first-order valence-corrected chi connectivity index (χ1v) is 10.7. The average Bonchev–Trinajstić information content (AvgIpc) is 3.36. The molecule has 1 aromatic rings. The van der Waals surface area contributed by atoms with E-state index in [-0.39, 0.29) is 16.8 Å². The number of benzene rings is 1. The predicted molar refractivity (Wildman–Crippen MR) is 103 cm³/mol. The molecule has 6 nitrogen and oxygen atoms in total. The van der Waals surface area contributed by atoms with Gasteiger partial charge in [0.15, 0.2) is 0 Å². The van der Waals surface area contributed by atoms with Crippen LogP contribution in [0, 0.1) is 5.92 Å². The lowest BCUT2D eigenvalue weighted by atomic mass is 9.90. The van der Waals surface area contributed by atoms with Crippen molar-refractivity contribution >= 4 is 15.9 Å². The summed E-state index contributed by atoms with van der Waals surface area (Å²) in [5.41, 5.74) is 6.37. The molecule has 1 aliphatic rings. The van der Waals surface area contributed by atoms with Gasteiger partial charge in [0.25, 0.3) is 0 Å². The molecule has 1 aliphatic carbocycles. The first-order chi connectivity index (χ1) is 12.1. The summed E-state index contributed by atoms with van der Waals surface area (Å²) in [5, 5.41) is 3.04. The Morgan fingerprint density at radius 2 is 1.88 bits per heavy atom. The fraction of sp³-hybridized carbons (Fsp3) is 0.632. The van der Waals surface area contributed by atoms with Crippen molar-refractivity contribution in [3.05, 3.63) is 29.8 Å². The van der Waals surface area contributed by atoms with Gasteiger partial charge < -0.3 is 11.1 Å². The lowest BCUT2D eigenvalue weighted by molar-refractivity contribution is -0.122. The van der Waals surface area contributed by atoms with Crippen LogP contribution in [0.1, 0.15) is 52.0 Å². The highest BCUT2D eigenvalue weighted by molar-refractivity contribution is 7.89. The van der Waals surface area contributed by atoms with Crippen LogP contribution in [0.5, 0.6) is 0 Å². The number of hydrogen-bond donors (Lipinski definition) is 3. The van der Waals surface area contributed by atoms with Crippen LogP contribution in [-0.4, -0.2) is 32.5 Å². The highest BCUT2D eigenvalue weighted by Crippen LogP contribution is 2.22. The summed E-state index contributed by atoms with van der Waals surface area (Å²) < 4.78 is 27.0. The maximum Gasteiger partial charge on any atom is 0.240 e. The van der Waals surface area contributed by atoms with Crippen LogP contribution in [-0.2, 0) is 21.2 Å². The third-order valence-corrected chi connectivity index (χ3v) is 6.06. The third-order valence-electron chi connectivity index (χ3n) is 4.52. The number of carbonyl (C=O) groups is 1. The van der Waals surface area contributed by atoms with Gasteiger partial charge in [0, 0.05) is 24.5 Å². The van der Waals surface area contributed by atoms with Crippen LogP contribution >= 0.6 is 0 Å². The molecular weight excluding hydrogens is 350 g/mol. The Balaban J connectivity index is 1.88. The standard InChI is InChI=1S/C19H31N3O3S/c1-14(2)12-19(3,13-20)21-18(23)11-6-15-4-9-17(10-5-15)26(24,25)22-16-7-8-16/h4-5,9-10,14,16,22H,6-8,11-13,20H2,1-3H3,(H,21,23). The number of nitrogens with one attached hydrogen (secondary N) is 2. The fourth-order valence-electron chi connectivity index (χ4n) is 3.07. The van der Waals surface area contributed by atoms with Crippen molar-refractivity contribution in [3.8, 4) is 0 Å². The molecule has 0 spiro atoms. The Hall–Kier alpha value is -1.44. The van der Waals surface area contributed by atoms with E-state index in [1.807, 2.05) is 6.92 Å². The minimum atomic E-state index is -3.43. The topological polar surface area (TPSA) is 101 Å². The second-order valence-electron chi connectivity index (χ2n) is 7.95. The summed E-state index contributed by atoms with van der Waals surface area (Å²) in [6.07, 6.45) is 3.55. The molecule has 1 fully saturated rings. The Labute approximate surface area is 157 Å². The number of carbonyl (C=O) groups excluding carboxylic acids is 1. The number of nitrogens with two attached hydrogens (primary N) is 1. The van der Waals surface area contributed by atoms with E-state index in [1.165, 1.54) is 0 Å². The molecule has 26 heavy (non-hydrogen) atoms. The number of aryl methyl sites for hydroxylation is 1. The second kappa shape index (κ2) is 8.50. The molecule has 4 N–H and O–H groups in total. The summed E-state index contributed by atoms with van der Waals surface area (Å²) in [6, 6.07) is 6.82. The highest BCUT2D eigenvalue weighted by Gasteiger charge is 2.28. The van der Waals surface area contributed by atoms with Gasteiger partial charge in [-0.15, -0.1) is 0 Å². The van der Waals surface area contributed by atoms with Gasteiger partial charge in [0.1, 0.15) is 0 Å². The Kier molecular flexibility index (Phi) is 6.82. The quantitative estimate of drug-likeness (QED) is 0.576. The van der Waals surface area contributed by atoms with E-state index in [0.717, 1.165) is 24.8 Å². The second-order valence-corrected chi connectivity index (χ2v) is 9.66. The first-order valence-electron chi connectivity index (χ1n) is 9.26. The van der Waals surface area contributed by atoms with E-state index in [4.69, 9.17) is 5.73 Å². The van der Waals surface area contributed by atoms with Crippen molar-refractivity contribution in [1.29, 1.82) is 0 Å². The molecule has 0 saturated heterocycles. The molecule has 146 valence electrons. The van der Waals surface area contributed by atoms with Crippen LogP contribution in [0.3, 0.4) is 0 Å². The highest BCUT2D eigenvalue weighted by atomic mass is 32.2. The summed E-state index contributed by atoms with van der Waals surface area (Å²) in [4.78, 5) is 12.5. The molecular formula is C19H31N3O3S. The third kappa shape index (κ3) is 6.37. The van der Waals surface area contributed by atoms with E-state index in [9.17, 15) is 13.2 Å². The van der Waals surface area contributed by atoms with E-state index in [0.29, 0.717) is 25.3 Å². The van der Waals surface area contributed by atoms with Gasteiger partial charge in [-0.05, 0) is 56.2 Å². The van der Waals surface area contributed by atoms with Crippen LogP contribution in [0.2, 0.25) is 0 Å². The first kappa shape index (κ1) is 20.9. The molecule has 2 rings (SSSR count). The molecule has 1 atom stereocenters. The van der Waals surface area contributed by atoms with E-state index in [2.05, 4.69) is 23.9 Å². The number of hydrogen-bond acceptors (Lipinski definition) is 4. The average molecular weight is 382 g/mol. The van der Waals surface area contributed by atoms with Crippen molar-refractivity contribution in [2.75, 3.05) is 6.54 Å². The van der Waals surface area contributed by atoms with Crippen molar-refractivity contribution in [3.63, 3.8) is 0 Å². The molecule has 1 unspecified atom stereocenters. The zero-order valence-corrected chi connectivity index (χ0v) is 16.7. The zero-order chi connectivity index (χ0) is 19.4. The molecule has 0 radical (unpaired) electrons. The van der Waals surface area contributed by atoms with Crippen LogP contribution < -0.4 is 15.8 Å². The van der Waals surface area contributed by atoms with Gasteiger partial charge in [0.2, 0.25) is 15.9 Å². The Bertz CT molecular complexity index is 712. The van der Waals surface area contributed by atoms with Crippen molar-refractivity contribution < 1.29 is 13.2 Å². The summed E-state index contributed by atoms with van der Waals surface area (Å²) >= 11 is 0. The fourth-order valence-corrected chi connectivity index (χ4v) is 4.37.